The molecule has 0 aromatic heterocycles. The molecule has 12 N–H and O–H groups in total. The van der Waals surface area contributed by atoms with E-state index in [0.29, 0.717) is 24.9 Å². The Bertz CT molecular complexity index is 956. The largest absolute Gasteiger partial charge is 0.508 e. The summed E-state index contributed by atoms with van der Waals surface area (Å²) in [4.78, 5) is 60.9. The molecule has 0 radical (unpaired) electrons. The van der Waals surface area contributed by atoms with Crippen LogP contribution < -0.4 is 33.2 Å². The molecular weight excluding hydrogens is 500 g/mol. The molecule has 14 heteroatoms. The van der Waals surface area contributed by atoms with Crippen molar-refractivity contribution in [3.63, 3.8) is 0 Å². The highest BCUT2D eigenvalue weighted by molar-refractivity contribution is 5.94. The third-order valence-corrected chi connectivity index (χ3v) is 5.67. The second-order valence-electron chi connectivity index (χ2n) is 8.95. The Balaban J connectivity index is 2.93. The van der Waals surface area contributed by atoms with Crippen molar-refractivity contribution in [1.82, 2.24) is 16.0 Å². The number of aliphatic hydroxyl groups is 1. The average molecular weight is 539 g/mol. The second kappa shape index (κ2) is 16.2. The van der Waals surface area contributed by atoms with E-state index in [-0.39, 0.29) is 31.4 Å². The minimum Gasteiger partial charge on any atom is -0.508 e. The Kier molecular flexibility index (Phi) is 13.7. The highest BCUT2D eigenvalue weighted by Gasteiger charge is 2.32. The first-order chi connectivity index (χ1) is 17.8. The Morgan fingerprint density at radius 3 is 2.03 bits per heavy atom. The average Bonchev–Trinajstić information content (AvgIpc) is 2.84. The summed E-state index contributed by atoms with van der Waals surface area (Å²) >= 11 is 0. The Hall–Kier alpha value is -3.75. The van der Waals surface area contributed by atoms with Gasteiger partial charge >= 0.3 is 5.97 Å². The van der Waals surface area contributed by atoms with Crippen LogP contribution in [0.3, 0.4) is 0 Å². The van der Waals surface area contributed by atoms with Gasteiger partial charge in [-0.2, -0.15) is 0 Å². The van der Waals surface area contributed by atoms with Gasteiger partial charge in [-0.15, -0.1) is 0 Å². The summed E-state index contributed by atoms with van der Waals surface area (Å²) in [6, 6.07) is 0.922. The molecule has 14 nitrogen and oxygen atoms in total. The Labute approximate surface area is 220 Å². The second-order valence-corrected chi connectivity index (χ2v) is 8.95. The number of unbranched alkanes of at least 4 members (excludes halogenated alkanes) is 1. The number of carbonyl (C=O) groups is 5. The van der Waals surface area contributed by atoms with Crippen LogP contribution in [-0.2, 0) is 30.4 Å². The fraction of sp³-hybridized carbons (Fsp3) is 0.542. The number of phenolic OH excluding ortho intramolecular Hbond substituents is 1. The van der Waals surface area contributed by atoms with Gasteiger partial charge in [0.25, 0.3) is 0 Å². The van der Waals surface area contributed by atoms with Crippen LogP contribution in [0.4, 0.5) is 0 Å². The van der Waals surface area contributed by atoms with E-state index in [2.05, 4.69) is 16.0 Å². The van der Waals surface area contributed by atoms with E-state index in [1.54, 1.807) is 12.1 Å². The van der Waals surface area contributed by atoms with Gasteiger partial charge in [0.1, 0.15) is 23.9 Å². The number of benzene rings is 1. The normalized spacial score (nSPS) is 14.8. The zero-order chi connectivity index (χ0) is 28.8. The zero-order valence-electron chi connectivity index (χ0n) is 21.3. The number of phenols is 1. The van der Waals surface area contributed by atoms with Crippen LogP contribution in [0, 0.1) is 0 Å². The number of hydrogen-bond acceptors (Lipinski definition) is 9. The Morgan fingerprint density at radius 2 is 1.50 bits per heavy atom. The molecule has 5 atom stereocenters. The summed E-state index contributed by atoms with van der Waals surface area (Å²) in [7, 11) is 0. The predicted molar refractivity (Wildman–Crippen MR) is 136 cm³/mol. The molecule has 0 bridgehead atoms. The number of nitrogens with one attached hydrogen (secondary N) is 3. The van der Waals surface area contributed by atoms with Crippen LogP contribution in [0.2, 0.25) is 0 Å². The number of primary amides is 1. The van der Waals surface area contributed by atoms with E-state index in [1.807, 2.05) is 0 Å². The molecule has 0 fully saturated rings. The molecule has 0 spiro atoms. The summed E-state index contributed by atoms with van der Waals surface area (Å²) in [5, 5.41) is 35.9. The van der Waals surface area contributed by atoms with Gasteiger partial charge in [0.2, 0.25) is 23.6 Å². The number of aromatic hydroxyl groups is 1. The van der Waals surface area contributed by atoms with Gasteiger partial charge in [0.15, 0.2) is 0 Å². The zero-order valence-corrected chi connectivity index (χ0v) is 21.3. The lowest BCUT2D eigenvalue weighted by atomic mass is 10.0. The first-order valence-corrected chi connectivity index (χ1v) is 12.2. The smallest absolute Gasteiger partial charge is 0.326 e. The number of nitrogens with two attached hydrogens (primary N) is 3. The van der Waals surface area contributed by atoms with Crippen LogP contribution in [0.5, 0.6) is 5.75 Å². The fourth-order valence-electron chi connectivity index (χ4n) is 3.48. The quantitative estimate of drug-likeness (QED) is 0.0947. The highest BCUT2D eigenvalue weighted by atomic mass is 16.4. The van der Waals surface area contributed by atoms with Gasteiger partial charge in [0, 0.05) is 6.42 Å². The van der Waals surface area contributed by atoms with Gasteiger partial charge in [-0.3, -0.25) is 19.2 Å². The highest BCUT2D eigenvalue weighted by Crippen LogP contribution is 2.11. The molecule has 212 valence electrons. The number of carbonyl (C=O) groups excluding carboxylic acids is 4. The van der Waals surface area contributed by atoms with E-state index >= 15 is 0 Å². The summed E-state index contributed by atoms with van der Waals surface area (Å²) in [6.07, 6.45) is -0.714. The maximum absolute atomic E-state index is 13.1. The third kappa shape index (κ3) is 11.5. The molecular formula is C24H38N6O8. The minimum absolute atomic E-state index is 0.0580. The van der Waals surface area contributed by atoms with E-state index in [9.17, 15) is 39.3 Å². The van der Waals surface area contributed by atoms with Crippen molar-refractivity contribution in [3.05, 3.63) is 29.8 Å². The van der Waals surface area contributed by atoms with Crippen LogP contribution in [0.1, 0.15) is 44.6 Å². The van der Waals surface area contributed by atoms with Crippen molar-refractivity contribution in [1.29, 1.82) is 0 Å². The Morgan fingerprint density at radius 1 is 0.895 bits per heavy atom. The van der Waals surface area contributed by atoms with Gasteiger partial charge in [-0.05, 0) is 63.3 Å². The first kappa shape index (κ1) is 32.3. The number of rotatable bonds is 17. The molecule has 5 unspecified atom stereocenters. The van der Waals surface area contributed by atoms with Crippen molar-refractivity contribution in [3.8, 4) is 5.75 Å². The molecule has 0 saturated heterocycles. The molecule has 0 heterocycles. The van der Waals surface area contributed by atoms with Crippen molar-refractivity contribution in [2.45, 2.75) is 75.7 Å². The summed E-state index contributed by atoms with van der Waals surface area (Å²) in [6.45, 7) is 1.57. The monoisotopic (exact) mass is 538 g/mol. The lowest BCUT2D eigenvalue weighted by Gasteiger charge is -2.26. The third-order valence-electron chi connectivity index (χ3n) is 5.67. The SMILES string of the molecule is CC(O)C(NC(=O)C(CCCCN)NC(=O)C(N)Cc1ccc(O)cc1)C(=O)NC(CCC(N)=O)C(=O)O. The molecule has 0 saturated carbocycles. The lowest BCUT2D eigenvalue weighted by Crippen LogP contribution is -2.60. The number of amides is 4. The van der Waals surface area contributed by atoms with Crippen molar-refractivity contribution in [2.24, 2.45) is 17.2 Å². The van der Waals surface area contributed by atoms with Gasteiger partial charge < -0.3 is 48.5 Å². The molecule has 1 aromatic rings. The number of carboxylic acid groups (broad SMARTS) is 1. The molecule has 4 amide bonds. The van der Waals surface area contributed by atoms with E-state index in [4.69, 9.17) is 17.2 Å². The lowest BCUT2D eigenvalue weighted by molar-refractivity contribution is -0.143. The number of aliphatic hydroxyl groups excluding tert-OH is 1. The van der Waals surface area contributed by atoms with Crippen molar-refractivity contribution >= 4 is 29.6 Å². The molecule has 0 aliphatic heterocycles. The summed E-state index contributed by atoms with van der Waals surface area (Å²) in [5.41, 5.74) is 17.2. The minimum atomic E-state index is -1.56. The molecule has 1 aromatic carbocycles. The van der Waals surface area contributed by atoms with Crippen LogP contribution in [0.15, 0.2) is 24.3 Å². The molecule has 1 rings (SSSR count). The van der Waals surface area contributed by atoms with E-state index in [1.165, 1.54) is 19.1 Å². The summed E-state index contributed by atoms with van der Waals surface area (Å²) < 4.78 is 0. The van der Waals surface area contributed by atoms with Gasteiger partial charge in [-0.25, -0.2) is 4.79 Å². The molecule has 0 aliphatic rings. The fourth-order valence-corrected chi connectivity index (χ4v) is 3.48. The number of aliphatic carboxylic acids is 1. The summed E-state index contributed by atoms with van der Waals surface area (Å²) in [5.74, 6) is -4.56. The molecule has 0 aliphatic carbocycles. The van der Waals surface area contributed by atoms with E-state index < -0.39 is 59.9 Å². The number of carboxylic acids is 1. The standard InChI is InChI=1S/C24H38N6O8/c1-13(31)20(23(36)29-18(24(37)38)9-10-19(27)33)30-22(35)17(4-2-3-11-25)28-21(34)16(26)12-14-5-7-15(32)8-6-14/h5-8,13,16-18,20,31-32H,2-4,9-12,25-26H2,1H3,(H2,27,33)(H,28,34)(H,29,36)(H,30,35)(H,37,38). The van der Waals surface area contributed by atoms with Crippen LogP contribution >= 0.6 is 0 Å². The predicted octanol–water partition coefficient (Wildman–Crippen LogP) is -2.42. The topological polar surface area (TPSA) is 260 Å². The molecule has 38 heavy (non-hydrogen) atoms. The maximum Gasteiger partial charge on any atom is 0.326 e. The van der Waals surface area contributed by atoms with Gasteiger partial charge in [-0.1, -0.05) is 12.1 Å². The first-order valence-electron chi connectivity index (χ1n) is 12.2. The van der Waals surface area contributed by atoms with E-state index in [0.717, 1.165) is 0 Å². The van der Waals surface area contributed by atoms with Gasteiger partial charge in [0.05, 0.1) is 12.1 Å². The maximum atomic E-state index is 13.1. The van der Waals surface area contributed by atoms with Crippen LogP contribution in [-0.4, -0.2) is 81.7 Å². The van der Waals surface area contributed by atoms with Crippen LogP contribution in [0.25, 0.3) is 0 Å². The van der Waals surface area contributed by atoms with Crippen molar-refractivity contribution < 1.29 is 39.3 Å². The number of hydrogen-bond donors (Lipinski definition) is 9. The van der Waals surface area contributed by atoms with Crippen molar-refractivity contribution in [2.75, 3.05) is 6.54 Å².